The minimum atomic E-state index is -0.314. The standard InChI is InChI=1S/C17H11N5/c18-9-12-5-1-3-7-14(12)17(16-11-20-22-21-16)15-8-4-2-6-13(15)10-19/h1-8,11,17H,(H,20,21,22). The third kappa shape index (κ3) is 2.32. The zero-order valence-electron chi connectivity index (χ0n) is 11.6. The summed E-state index contributed by atoms with van der Waals surface area (Å²) in [4.78, 5) is 0. The van der Waals surface area contributed by atoms with Gasteiger partial charge in [-0.3, -0.25) is 0 Å². The van der Waals surface area contributed by atoms with Crippen LogP contribution in [0.4, 0.5) is 0 Å². The van der Waals surface area contributed by atoms with Crippen molar-refractivity contribution in [3.63, 3.8) is 0 Å². The molecule has 104 valence electrons. The Balaban J connectivity index is 2.27. The van der Waals surface area contributed by atoms with Crippen LogP contribution in [-0.4, -0.2) is 15.4 Å². The molecule has 0 bridgehead atoms. The third-order valence-electron chi connectivity index (χ3n) is 3.51. The number of hydrogen-bond acceptors (Lipinski definition) is 4. The molecule has 0 spiro atoms. The number of nitriles is 2. The quantitative estimate of drug-likeness (QED) is 0.801. The van der Waals surface area contributed by atoms with E-state index in [1.54, 1.807) is 18.3 Å². The van der Waals surface area contributed by atoms with Crippen LogP contribution >= 0.6 is 0 Å². The first-order valence-electron chi connectivity index (χ1n) is 6.69. The van der Waals surface area contributed by atoms with Crippen LogP contribution in [0.3, 0.4) is 0 Å². The molecule has 3 aromatic rings. The van der Waals surface area contributed by atoms with E-state index >= 15 is 0 Å². The molecule has 5 nitrogen and oxygen atoms in total. The first kappa shape index (κ1) is 13.5. The zero-order chi connectivity index (χ0) is 15.4. The second kappa shape index (κ2) is 5.90. The molecule has 1 aromatic heterocycles. The average Bonchev–Trinajstić information content (AvgIpc) is 3.10. The van der Waals surface area contributed by atoms with Gasteiger partial charge in [-0.25, -0.2) is 0 Å². The van der Waals surface area contributed by atoms with Crippen LogP contribution in [0.15, 0.2) is 54.7 Å². The summed E-state index contributed by atoms with van der Waals surface area (Å²) in [5.74, 6) is -0.314. The van der Waals surface area contributed by atoms with Crippen LogP contribution in [0, 0.1) is 22.7 Å². The Kier molecular flexibility index (Phi) is 3.63. The van der Waals surface area contributed by atoms with Crippen LogP contribution in [0.5, 0.6) is 0 Å². The van der Waals surface area contributed by atoms with Gasteiger partial charge in [0.05, 0.1) is 41.1 Å². The minimum Gasteiger partial charge on any atom is -0.198 e. The lowest BCUT2D eigenvalue weighted by Gasteiger charge is -2.17. The molecule has 2 aromatic carbocycles. The van der Waals surface area contributed by atoms with Gasteiger partial charge in [0.25, 0.3) is 0 Å². The Hall–Kier alpha value is -3.44. The SMILES string of the molecule is N#Cc1ccccc1C(c1cn[nH]n1)c1ccccc1C#N. The van der Waals surface area contributed by atoms with Gasteiger partial charge in [-0.05, 0) is 23.3 Å². The van der Waals surface area contributed by atoms with Crippen molar-refractivity contribution in [1.82, 2.24) is 15.4 Å². The molecule has 0 unspecified atom stereocenters. The van der Waals surface area contributed by atoms with Crippen LogP contribution in [0.2, 0.25) is 0 Å². The number of aromatic amines is 1. The number of aromatic nitrogens is 3. The molecule has 0 fully saturated rings. The molecular weight excluding hydrogens is 274 g/mol. The van der Waals surface area contributed by atoms with E-state index in [2.05, 4.69) is 27.5 Å². The van der Waals surface area contributed by atoms with E-state index in [0.717, 1.165) is 11.1 Å². The third-order valence-corrected chi connectivity index (χ3v) is 3.51. The maximum atomic E-state index is 9.38. The van der Waals surface area contributed by atoms with E-state index in [0.29, 0.717) is 16.8 Å². The topological polar surface area (TPSA) is 89.2 Å². The molecular formula is C17H11N5. The van der Waals surface area contributed by atoms with Crippen molar-refractivity contribution < 1.29 is 0 Å². The first-order chi connectivity index (χ1) is 10.8. The van der Waals surface area contributed by atoms with Gasteiger partial charge in [-0.1, -0.05) is 36.4 Å². The van der Waals surface area contributed by atoms with Crippen molar-refractivity contribution in [1.29, 1.82) is 10.5 Å². The summed E-state index contributed by atoms with van der Waals surface area (Å²) < 4.78 is 0. The van der Waals surface area contributed by atoms with Gasteiger partial charge in [0, 0.05) is 0 Å². The summed E-state index contributed by atoms with van der Waals surface area (Å²) in [5.41, 5.74) is 3.40. The molecule has 3 rings (SSSR count). The van der Waals surface area contributed by atoms with E-state index in [9.17, 15) is 10.5 Å². The van der Waals surface area contributed by atoms with Gasteiger partial charge >= 0.3 is 0 Å². The second-order valence-electron chi connectivity index (χ2n) is 4.73. The van der Waals surface area contributed by atoms with Crippen LogP contribution < -0.4 is 0 Å². The Morgan fingerprint density at radius 3 is 1.86 bits per heavy atom. The summed E-state index contributed by atoms with van der Waals surface area (Å²) in [6.07, 6.45) is 1.62. The van der Waals surface area contributed by atoms with Gasteiger partial charge in [-0.15, -0.1) is 0 Å². The minimum absolute atomic E-state index is 0.314. The molecule has 1 N–H and O–H groups in total. The molecule has 0 amide bonds. The second-order valence-corrected chi connectivity index (χ2v) is 4.73. The van der Waals surface area contributed by atoms with E-state index in [-0.39, 0.29) is 5.92 Å². The molecule has 0 saturated heterocycles. The number of nitrogens with one attached hydrogen (secondary N) is 1. The Bertz CT molecular complexity index is 811. The fourth-order valence-corrected chi connectivity index (χ4v) is 2.54. The van der Waals surface area contributed by atoms with E-state index in [4.69, 9.17) is 0 Å². The van der Waals surface area contributed by atoms with Gasteiger partial charge in [0.1, 0.15) is 0 Å². The van der Waals surface area contributed by atoms with Gasteiger partial charge < -0.3 is 0 Å². The van der Waals surface area contributed by atoms with Gasteiger partial charge in [0.15, 0.2) is 0 Å². The predicted octanol–water partition coefficient (Wildman–Crippen LogP) is 2.73. The molecule has 0 aliphatic carbocycles. The average molecular weight is 285 g/mol. The van der Waals surface area contributed by atoms with Crippen LogP contribution in [0.1, 0.15) is 33.9 Å². The molecule has 22 heavy (non-hydrogen) atoms. The normalized spacial score (nSPS) is 10.1. The highest BCUT2D eigenvalue weighted by molar-refractivity contribution is 5.52. The van der Waals surface area contributed by atoms with Crippen molar-refractivity contribution in [2.45, 2.75) is 5.92 Å². The monoisotopic (exact) mass is 285 g/mol. The Morgan fingerprint density at radius 1 is 0.864 bits per heavy atom. The summed E-state index contributed by atoms with van der Waals surface area (Å²) in [6.45, 7) is 0. The van der Waals surface area contributed by atoms with Gasteiger partial charge in [0.2, 0.25) is 0 Å². The van der Waals surface area contributed by atoms with Gasteiger partial charge in [-0.2, -0.15) is 25.9 Å². The lowest BCUT2D eigenvalue weighted by atomic mass is 9.84. The molecule has 0 aliphatic rings. The summed E-state index contributed by atoms with van der Waals surface area (Å²) in [7, 11) is 0. The molecule has 0 aliphatic heterocycles. The van der Waals surface area contributed by atoms with Crippen molar-refractivity contribution in [3.8, 4) is 12.1 Å². The van der Waals surface area contributed by atoms with E-state index in [1.807, 2.05) is 36.4 Å². The number of rotatable bonds is 3. The molecule has 0 atom stereocenters. The Morgan fingerprint density at radius 2 is 1.41 bits per heavy atom. The molecule has 1 heterocycles. The Labute approximate surface area is 127 Å². The summed E-state index contributed by atoms with van der Waals surface area (Å²) >= 11 is 0. The number of benzene rings is 2. The molecule has 0 saturated carbocycles. The van der Waals surface area contributed by atoms with Crippen LogP contribution in [-0.2, 0) is 0 Å². The fraction of sp³-hybridized carbons (Fsp3) is 0.0588. The highest BCUT2D eigenvalue weighted by Gasteiger charge is 2.24. The number of H-pyrrole nitrogens is 1. The summed E-state index contributed by atoms with van der Waals surface area (Å²) in [5, 5.41) is 29.4. The highest BCUT2D eigenvalue weighted by atomic mass is 15.3. The molecule has 0 radical (unpaired) electrons. The maximum Gasteiger partial charge on any atom is 0.0994 e. The predicted molar refractivity (Wildman–Crippen MR) is 79.6 cm³/mol. The van der Waals surface area contributed by atoms with Crippen molar-refractivity contribution in [2.24, 2.45) is 0 Å². The van der Waals surface area contributed by atoms with E-state index < -0.39 is 0 Å². The fourth-order valence-electron chi connectivity index (χ4n) is 2.54. The largest absolute Gasteiger partial charge is 0.198 e. The van der Waals surface area contributed by atoms with E-state index in [1.165, 1.54) is 0 Å². The van der Waals surface area contributed by atoms with Crippen molar-refractivity contribution >= 4 is 0 Å². The lowest BCUT2D eigenvalue weighted by Crippen LogP contribution is -2.08. The highest BCUT2D eigenvalue weighted by Crippen LogP contribution is 2.33. The number of hydrogen-bond donors (Lipinski definition) is 1. The first-order valence-corrected chi connectivity index (χ1v) is 6.69. The smallest absolute Gasteiger partial charge is 0.0994 e. The maximum absolute atomic E-state index is 9.38. The zero-order valence-corrected chi connectivity index (χ0v) is 11.6. The van der Waals surface area contributed by atoms with Crippen molar-refractivity contribution in [3.05, 3.63) is 82.7 Å². The lowest BCUT2D eigenvalue weighted by molar-refractivity contribution is 0.866. The summed E-state index contributed by atoms with van der Waals surface area (Å²) in [6, 6.07) is 19.1. The number of nitrogens with zero attached hydrogens (tertiary/aromatic N) is 4. The van der Waals surface area contributed by atoms with Crippen molar-refractivity contribution in [2.75, 3.05) is 0 Å². The van der Waals surface area contributed by atoms with Crippen LogP contribution in [0.25, 0.3) is 0 Å². The molecule has 5 heteroatoms.